The maximum Gasteiger partial charge on any atom is 0.262 e. The van der Waals surface area contributed by atoms with E-state index in [1.54, 1.807) is 28.0 Å². The van der Waals surface area contributed by atoms with Crippen LogP contribution >= 0.6 is 22.9 Å². The van der Waals surface area contributed by atoms with Gasteiger partial charge < -0.3 is 4.74 Å². The van der Waals surface area contributed by atoms with Crippen LogP contribution in [0.3, 0.4) is 0 Å². The van der Waals surface area contributed by atoms with Crippen molar-refractivity contribution in [3.05, 3.63) is 55.9 Å². The van der Waals surface area contributed by atoms with Crippen molar-refractivity contribution in [3.8, 4) is 5.75 Å². The molecule has 0 bridgehead atoms. The average Bonchev–Trinajstić information content (AvgIpc) is 2.97. The Balaban J connectivity index is 1.60. The lowest BCUT2D eigenvalue weighted by Gasteiger charge is -2.12. The molecule has 0 fully saturated rings. The third-order valence-electron chi connectivity index (χ3n) is 4.66. The number of rotatable bonds is 4. The van der Waals surface area contributed by atoms with Crippen molar-refractivity contribution in [1.29, 1.82) is 0 Å². The van der Waals surface area contributed by atoms with Crippen molar-refractivity contribution < 1.29 is 4.74 Å². The standard InChI is InChI=1S/C19H19ClN2O2S/c1-12-21-18-17(15-4-2-3-5-16(15)25-18)19(23)22(12)10-11-24-14-8-6-13(20)7-9-14/h6-9H,2-5,10-11H2,1H3. The minimum absolute atomic E-state index is 0.0709. The van der Waals surface area contributed by atoms with Gasteiger partial charge in [-0.2, -0.15) is 0 Å². The molecule has 0 spiro atoms. The third-order valence-corrected chi connectivity index (χ3v) is 6.10. The predicted molar refractivity (Wildman–Crippen MR) is 102 cm³/mol. The molecule has 0 radical (unpaired) electrons. The second kappa shape index (κ2) is 6.81. The third kappa shape index (κ3) is 3.18. The van der Waals surface area contributed by atoms with Gasteiger partial charge in [-0.25, -0.2) is 4.98 Å². The number of nitrogens with zero attached hydrogens (tertiary/aromatic N) is 2. The van der Waals surface area contributed by atoms with Crippen LogP contribution in [-0.4, -0.2) is 16.2 Å². The SMILES string of the molecule is Cc1nc2sc3c(c2c(=O)n1CCOc1ccc(Cl)cc1)CCCC3. The minimum Gasteiger partial charge on any atom is -0.492 e. The summed E-state index contributed by atoms with van der Waals surface area (Å²) in [6, 6.07) is 7.24. The Morgan fingerprint density at radius 3 is 2.80 bits per heavy atom. The fourth-order valence-corrected chi connectivity index (χ4v) is 4.81. The second-order valence-corrected chi connectivity index (χ2v) is 7.83. The lowest BCUT2D eigenvalue weighted by molar-refractivity contribution is 0.294. The van der Waals surface area contributed by atoms with E-state index >= 15 is 0 Å². The van der Waals surface area contributed by atoms with Crippen molar-refractivity contribution >= 4 is 33.2 Å². The molecule has 0 aliphatic heterocycles. The number of aryl methyl sites for hydroxylation is 3. The highest BCUT2D eigenvalue weighted by atomic mass is 35.5. The van der Waals surface area contributed by atoms with Gasteiger partial charge in [-0.15, -0.1) is 11.3 Å². The van der Waals surface area contributed by atoms with Crippen LogP contribution < -0.4 is 10.3 Å². The van der Waals surface area contributed by atoms with Crippen LogP contribution in [0.4, 0.5) is 0 Å². The molecular formula is C19H19ClN2O2S. The second-order valence-electron chi connectivity index (χ2n) is 6.31. The Kier molecular flexibility index (Phi) is 4.52. The van der Waals surface area contributed by atoms with Crippen molar-refractivity contribution in [3.63, 3.8) is 0 Å². The van der Waals surface area contributed by atoms with Gasteiger partial charge in [0, 0.05) is 9.90 Å². The van der Waals surface area contributed by atoms with E-state index < -0.39 is 0 Å². The van der Waals surface area contributed by atoms with E-state index in [0.29, 0.717) is 18.2 Å². The molecule has 1 aliphatic rings. The maximum absolute atomic E-state index is 13.0. The lowest BCUT2D eigenvalue weighted by Crippen LogP contribution is -2.26. The molecule has 0 N–H and O–H groups in total. The Hall–Kier alpha value is -1.85. The van der Waals surface area contributed by atoms with Crippen molar-refractivity contribution in [2.75, 3.05) is 6.61 Å². The molecule has 2 aromatic heterocycles. The normalized spacial score (nSPS) is 13.8. The van der Waals surface area contributed by atoms with Gasteiger partial charge in [0.2, 0.25) is 0 Å². The fourth-order valence-electron chi connectivity index (χ4n) is 3.39. The summed E-state index contributed by atoms with van der Waals surface area (Å²) in [5.74, 6) is 1.49. The first kappa shape index (κ1) is 16.6. The highest BCUT2D eigenvalue weighted by Crippen LogP contribution is 2.33. The van der Waals surface area contributed by atoms with E-state index in [0.717, 1.165) is 41.1 Å². The summed E-state index contributed by atoms with van der Waals surface area (Å²) < 4.78 is 7.47. The number of ether oxygens (including phenoxy) is 1. The van der Waals surface area contributed by atoms with Crippen LogP contribution in [0.25, 0.3) is 10.2 Å². The molecule has 2 heterocycles. The Labute approximate surface area is 155 Å². The van der Waals surface area contributed by atoms with Crippen molar-refractivity contribution in [1.82, 2.24) is 9.55 Å². The molecule has 1 aromatic carbocycles. The van der Waals surface area contributed by atoms with Gasteiger partial charge in [0.1, 0.15) is 23.0 Å². The zero-order valence-electron chi connectivity index (χ0n) is 14.0. The van der Waals surface area contributed by atoms with E-state index in [9.17, 15) is 4.79 Å². The van der Waals surface area contributed by atoms with Gasteiger partial charge in [0.25, 0.3) is 5.56 Å². The topological polar surface area (TPSA) is 44.1 Å². The zero-order chi connectivity index (χ0) is 17.4. The molecule has 4 nitrogen and oxygen atoms in total. The van der Waals surface area contributed by atoms with Gasteiger partial charge in [0.15, 0.2) is 0 Å². The van der Waals surface area contributed by atoms with E-state index in [-0.39, 0.29) is 5.56 Å². The first-order valence-electron chi connectivity index (χ1n) is 8.53. The van der Waals surface area contributed by atoms with Gasteiger partial charge in [-0.05, 0) is 62.4 Å². The average molecular weight is 375 g/mol. The summed E-state index contributed by atoms with van der Waals surface area (Å²) >= 11 is 7.57. The van der Waals surface area contributed by atoms with Crippen LogP contribution in [0.5, 0.6) is 5.75 Å². The van der Waals surface area contributed by atoms with Crippen LogP contribution in [0.15, 0.2) is 29.1 Å². The first-order chi connectivity index (χ1) is 12.1. The Bertz CT molecular complexity index is 976. The van der Waals surface area contributed by atoms with Crippen molar-refractivity contribution in [2.45, 2.75) is 39.2 Å². The van der Waals surface area contributed by atoms with Gasteiger partial charge >= 0.3 is 0 Å². The molecule has 0 unspecified atom stereocenters. The summed E-state index contributed by atoms with van der Waals surface area (Å²) in [4.78, 5) is 20.0. The fraction of sp³-hybridized carbons (Fsp3) is 0.368. The Morgan fingerprint density at radius 2 is 2.00 bits per heavy atom. The number of fused-ring (bicyclic) bond motifs is 3. The van der Waals surface area contributed by atoms with Gasteiger partial charge in [-0.1, -0.05) is 11.6 Å². The number of hydrogen-bond acceptors (Lipinski definition) is 4. The first-order valence-corrected chi connectivity index (χ1v) is 9.73. The van der Waals surface area contributed by atoms with Crippen LogP contribution in [0.1, 0.15) is 29.1 Å². The molecule has 0 saturated carbocycles. The summed E-state index contributed by atoms with van der Waals surface area (Å²) in [6.45, 7) is 2.80. The number of aromatic nitrogens is 2. The largest absolute Gasteiger partial charge is 0.492 e. The van der Waals surface area contributed by atoms with Crippen molar-refractivity contribution in [2.24, 2.45) is 0 Å². The molecule has 25 heavy (non-hydrogen) atoms. The summed E-state index contributed by atoms with van der Waals surface area (Å²) in [5, 5.41) is 1.51. The monoisotopic (exact) mass is 374 g/mol. The Morgan fingerprint density at radius 1 is 1.24 bits per heavy atom. The highest BCUT2D eigenvalue weighted by molar-refractivity contribution is 7.18. The van der Waals surface area contributed by atoms with E-state index in [1.807, 2.05) is 19.1 Å². The summed E-state index contributed by atoms with van der Waals surface area (Å²) in [6.07, 6.45) is 4.44. The number of halogens is 1. The van der Waals surface area contributed by atoms with Crippen LogP contribution in [0, 0.1) is 6.92 Å². The summed E-state index contributed by atoms with van der Waals surface area (Å²) in [5.41, 5.74) is 1.30. The molecule has 130 valence electrons. The lowest BCUT2D eigenvalue weighted by atomic mass is 9.97. The molecule has 0 amide bonds. The smallest absolute Gasteiger partial charge is 0.262 e. The zero-order valence-corrected chi connectivity index (χ0v) is 15.6. The molecule has 4 rings (SSSR count). The van der Waals surface area contributed by atoms with Gasteiger partial charge in [-0.3, -0.25) is 9.36 Å². The molecule has 3 aromatic rings. The van der Waals surface area contributed by atoms with E-state index in [2.05, 4.69) is 4.98 Å². The number of thiophene rings is 1. The van der Waals surface area contributed by atoms with Gasteiger partial charge in [0.05, 0.1) is 11.9 Å². The molecule has 0 saturated heterocycles. The highest BCUT2D eigenvalue weighted by Gasteiger charge is 2.21. The van der Waals surface area contributed by atoms with E-state index in [1.165, 1.54) is 16.9 Å². The predicted octanol–water partition coefficient (Wildman–Crippen LogP) is 4.38. The number of benzene rings is 1. The molecular weight excluding hydrogens is 356 g/mol. The number of hydrogen-bond donors (Lipinski definition) is 0. The molecule has 0 atom stereocenters. The maximum atomic E-state index is 13.0. The van der Waals surface area contributed by atoms with Crippen LogP contribution in [0.2, 0.25) is 5.02 Å². The summed E-state index contributed by atoms with van der Waals surface area (Å²) in [7, 11) is 0. The molecule has 6 heteroatoms. The minimum atomic E-state index is 0.0709. The van der Waals surface area contributed by atoms with E-state index in [4.69, 9.17) is 16.3 Å². The quantitative estimate of drug-likeness (QED) is 0.680. The van der Waals surface area contributed by atoms with Crippen LogP contribution in [-0.2, 0) is 19.4 Å². The molecule has 1 aliphatic carbocycles.